The number of pyridine rings is 1. The molecule has 0 fully saturated rings. The van der Waals surface area contributed by atoms with E-state index in [0.717, 1.165) is 6.42 Å². The number of aliphatic carboxylic acids is 1. The Hall–Kier alpha value is -2.97. The van der Waals surface area contributed by atoms with Crippen LogP contribution in [0.3, 0.4) is 0 Å². The first-order chi connectivity index (χ1) is 10.9. The lowest BCUT2D eigenvalue weighted by Gasteiger charge is -2.14. The first-order valence-corrected chi connectivity index (χ1v) is 7.08. The lowest BCUT2D eigenvalue weighted by atomic mass is 10.1. The molecule has 2 aromatic heterocycles. The summed E-state index contributed by atoms with van der Waals surface area (Å²) < 4.78 is 0. The number of aromatic amines is 2. The number of carbonyl (C=O) groups is 2. The summed E-state index contributed by atoms with van der Waals surface area (Å²) in [6, 6.07) is 0.248. The number of fused-ring (bicyclic) bond motifs is 1. The number of hydrogen-bond acceptors (Lipinski definition) is 5. The van der Waals surface area contributed by atoms with Crippen molar-refractivity contribution in [1.29, 1.82) is 0 Å². The van der Waals surface area contributed by atoms with Crippen molar-refractivity contribution in [3.8, 4) is 0 Å². The van der Waals surface area contributed by atoms with E-state index in [4.69, 9.17) is 5.11 Å². The van der Waals surface area contributed by atoms with Gasteiger partial charge in [-0.05, 0) is 12.5 Å². The summed E-state index contributed by atoms with van der Waals surface area (Å²) in [6.45, 7) is 1.92. The molecule has 0 aromatic carbocycles. The molecule has 9 nitrogen and oxygen atoms in total. The summed E-state index contributed by atoms with van der Waals surface area (Å²) in [7, 11) is 0. The van der Waals surface area contributed by atoms with E-state index in [1.165, 1.54) is 12.3 Å². The summed E-state index contributed by atoms with van der Waals surface area (Å²) in [6.07, 6.45) is 2.95. The maximum absolute atomic E-state index is 12.1. The predicted molar refractivity (Wildman–Crippen MR) is 81.4 cm³/mol. The number of unbranched alkanes of at least 4 members (excludes halogenated alkanes) is 1. The van der Waals surface area contributed by atoms with Gasteiger partial charge in [0.1, 0.15) is 11.7 Å². The number of carboxylic acids is 1. The van der Waals surface area contributed by atoms with Crippen LogP contribution in [0.2, 0.25) is 0 Å². The molecule has 0 aliphatic carbocycles. The van der Waals surface area contributed by atoms with Gasteiger partial charge in [-0.1, -0.05) is 19.8 Å². The third-order valence-electron chi connectivity index (χ3n) is 3.30. The van der Waals surface area contributed by atoms with E-state index >= 15 is 0 Å². The Kier molecular flexibility index (Phi) is 4.89. The van der Waals surface area contributed by atoms with Crippen LogP contribution in [-0.4, -0.2) is 38.0 Å². The number of rotatable bonds is 6. The van der Waals surface area contributed by atoms with Crippen LogP contribution in [0.25, 0.3) is 11.0 Å². The lowest BCUT2D eigenvalue weighted by molar-refractivity contribution is -0.139. The van der Waals surface area contributed by atoms with E-state index in [0.29, 0.717) is 12.8 Å². The molecule has 1 amide bonds. The molecule has 0 radical (unpaired) electrons. The number of hydrogen-bond donors (Lipinski definition) is 4. The third-order valence-corrected chi connectivity index (χ3v) is 3.30. The molecule has 2 aromatic rings. The summed E-state index contributed by atoms with van der Waals surface area (Å²) in [4.78, 5) is 54.4. The van der Waals surface area contributed by atoms with Crippen molar-refractivity contribution in [3.63, 3.8) is 0 Å². The highest BCUT2D eigenvalue weighted by atomic mass is 16.4. The topological polar surface area (TPSA) is 145 Å². The van der Waals surface area contributed by atoms with Crippen molar-refractivity contribution in [2.45, 2.75) is 32.2 Å². The van der Waals surface area contributed by atoms with Crippen LogP contribution in [0, 0.1) is 0 Å². The second-order valence-electron chi connectivity index (χ2n) is 5.03. The van der Waals surface area contributed by atoms with Gasteiger partial charge >= 0.3 is 11.7 Å². The molecule has 0 aliphatic heterocycles. The van der Waals surface area contributed by atoms with Crippen LogP contribution in [-0.2, 0) is 4.79 Å². The fourth-order valence-electron chi connectivity index (χ4n) is 2.08. The van der Waals surface area contributed by atoms with Gasteiger partial charge in [-0.25, -0.2) is 14.6 Å². The van der Waals surface area contributed by atoms with E-state index < -0.39 is 29.2 Å². The number of amides is 1. The Morgan fingerprint density at radius 1 is 1.35 bits per heavy atom. The Bertz CT molecular complexity index is 854. The summed E-state index contributed by atoms with van der Waals surface area (Å²) >= 11 is 0. The average Bonchev–Trinajstić information content (AvgIpc) is 2.50. The monoisotopic (exact) mass is 320 g/mol. The van der Waals surface area contributed by atoms with Gasteiger partial charge in [0, 0.05) is 6.20 Å². The first-order valence-electron chi connectivity index (χ1n) is 7.08. The molecule has 9 heteroatoms. The zero-order valence-corrected chi connectivity index (χ0v) is 12.4. The highest BCUT2D eigenvalue weighted by molar-refractivity contribution is 5.98. The normalized spacial score (nSPS) is 12.0. The fraction of sp³-hybridized carbons (Fsp3) is 0.357. The maximum atomic E-state index is 12.1. The van der Waals surface area contributed by atoms with Crippen LogP contribution < -0.4 is 16.6 Å². The second kappa shape index (κ2) is 6.86. The molecule has 1 unspecified atom stereocenters. The van der Waals surface area contributed by atoms with E-state index in [1.807, 2.05) is 11.9 Å². The van der Waals surface area contributed by atoms with Crippen molar-refractivity contribution in [3.05, 3.63) is 38.7 Å². The van der Waals surface area contributed by atoms with Crippen molar-refractivity contribution in [2.75, 3.05) is 0 Å². The molecule has 0 saturated heterocycles. The summed E-state index contributed by atoms with van der Waals surface area (Å²) in [5.74, 6) is -1.77. The van der Waals surface area contributed by atoms with Crippen molar-refractivity contribution < 1.29 is 14.7 Å². The van der Waals surface area contributed by atoms with Crippen molar-refractivity contribution in [2.24, 2.45) is 0 Å². The Morgan fingerprint density at radius 2 is 2.09 bits per heavy atom. The van der Waals surface area contributed by atoms with Crippen molar-refractivity contribution >= 4 is 22.9 Å². The predicted octanol–water partition coefficient (Wildman–Crippen LogP) is -0.0154. The minimum absolute atomic E-state index is 0.0395. The SMILES string of the molecule is CCCCC(NC(=O)c1cnc2[nH]c(=O)[nH]c(=O)c2c1)C(=O)O. The lowest BCUT2D eigenvalue weighted by Crippen LogP contribution is -2.40. The van der Waals surface area contributed by atoms with E-state index in [-0.39, 0.29) is 16.6 Å². The molecule has 23 heavy (non-hydrogen) atoms. The first kappa shape index (κ1) is 16.4. The fourth-order valence-corrected chi connectivity index (χ4v) is 2.08. The Balaban J connectivity index is 2.28. The molecule has 122 valence electrons. The minimum Gasteiger partial charge on any atom is -0.480 e. The van der Waals surface area contributed by atoms with Crippen LogP contribution in [0.1, 0.15) is 36.5 Å². The van der Waals surface area contributed by atoms with Gasteiger partial charge in [0.05, 0.1) is 10.9 Å². The molecular formula is C14H16N4O5. The smallest absolute Gasteiger partial charge is 0.327 e. The summed E-state index contributed by atoms with van der Waals surface area (Å²) in [5.41, 5.74) is -1.28. The number of aromatic nitrogens is 3. The van der Waals surface area contributed by atoms with Crippen LogP contribution in [0.15, 0.2) is 21.9 Å². The number of nitrogens with zero attached hydrogens (tertiary/aromatic N) is 1. The van der Waals surface area contributed by atoms with E-state index in [2.05, 4.69) is 15.3 Å². The Labute approximate surface area is 129 Å². The van der Waals surface area contributed by atoms with Gasteiger partial charge in [0.25, 0.3) is 11.5 Å². The van der Waals surface area contributed by atoms with Crippen LogP contribution in [0.4, 0.5) is 0 Å². The van der Waals surface area contributed by atoms with Crippen LogP contribution >= 0.6 is 0 Å². The highest BCUT2D eigenvalue weighted by Gasteiger charge is 2.20. The number of carboxylic acid groups (broad SMARTS) is 1. The van der Waals surface area contributed by atoms with Gasteiger partial charge in [0.2, 0.25) is 0 Å². The molecular weight excluding hydrogens is 304 g/mol. The van der Waals surface area contributed by atoms with Crippen LogP contribution in [0.5, 0.6) is 0 Å². The maximum Gasteiger partial charge on any atom is 0.327 e. The molecule has 0 aliphatic rings. The largest absolute Gasteiger partial charge is 0.480 e. The molecule has 0 bridgehead atoms. The number of carbonyl (C=O) groups excluding carboxylic acids is 1. The zero-order chi connectivity index (χ0) is 17.0. The van der Waals surface area contributed by atoms with Gasteiger partial charge in [0.15, 0.2) is 0 Å². The average molecular weight is 320 g/mol. The standard InChI is InChI=1S/C14H16N4O5/c1-2-3-4-9(13(21)22)16-11(19)7-5-8-10(15-6-7)17-14(23)18-12(8)20/h5-6,9H,2-4H2,1H3,(H,16,19)(H,21,22)(H2,15,17,18,20,23). The van der Waals surface area contributed by atoms with Gasteiger partial charge in [-0.3, -0.25) is 19.6 Å². The summed E-state index contributed by atoms with van der Waals surface area (Å²) in [5, 5.41) is 11.6. The molecule has 2 rings (SSSR count). The second-order valence-corrected chi connectivity index (χ2v) is 5.03. The molecule has 4 N–H and O–H groups in total. The molecule has 2 heterocycles. The Morgan fingerprint density at radius 3 is 2.74 bits per heavy atom. The van der Waals surface area contributed by atoms with Crippen molar-refractivity contribution in [1.82, 2.24) is 20.3 Å². The van der Waals surface area contributed by atoms with Gasteiger partial charge in [-0.15, -0.1) is 0 Å². The quantitative estimate of drug-likeness (QED) is 0.589. The van der Waals surface area contributed by atoms with Gasteiger partial charge < -0.3 is 10.4 Å². The van der Waals surface area contributed by atoms with E-state index in [9.17, 15) is 19.2 Å². The molecule has 0 saturated carbocycles. The minimum atomic E-state index is -1.12. The third kappa shape index (κ3) is 3.82. The number of H-pyrrole nitrogens is 2. The zero-order valence-electron chi connectivity index (χ0n) is 12.4. The molecule has 1 atom stereocenters. The highest BCUT2D eigenvalue weighted by Crippen LogP contribution is 2.07. The molecule has 0 spiro atoms. The van der Waals surface area contributed by atoms with E-state index in [1.54, 1.807) is 0 Å². The number of nitrogens with one attached hydrogen (secondary N) is 3. The van der Waals surface area contributed by atoms with Gasteiger partial charge in [-0.2, -0.15) is 0 Å².